The summed E-state index contributed by atoms with van der Waals surface area (Å²) in [6.45, 7) is 0. The van der Waals surface area contributed by atoms with Crippen molar-refractivity contribution < 1.29 is 9.21 Å². The highest BCUT2D eigenvalue weighted by atomic mass is 16.4. The first-order valence-electron chi connectivity index (χ1n) is 4.63. The fourth-order valence-electron chi connectivity index (χ4n) is 1.46. The summed E-state index contributed by atoms with van der Waals surface area (Å²) in [5.41, 5.74) is 1.43. The first-order valence-corrected chi connectivity index (χ1v) is 4.63. The number of carbonyl (C=O) groups excluding carboxylic acids is 1. The van der Waals surface area contributed by atoms with Crippen LogP contribution >= 0.6 is 0 Å². The van der Waals surface area contributed by atoms with Crippen LogP contribution in [0.3, 0.4) is 0 Å². The molecule has 6 nitrogen and oxygen atoms in total. The molecule has 0 saturated heterocycles. The highest BCUT2D eigenvalue weighted by Crippen LogP contribution is 2.14. The van der Waals surface area contributed by atoms with Crippen LogP contribution in [0.1, 0.15) is 10.4 Å². The van der Waals surface area contributed by atoms with Gasteiger partial charge < -0.3 is 4.42 Å². The standard InChI is InChI=1S/C10H11N3O3/c1-12-7-5-6(9(14)13(2)11)3-4-8(7)16-10(12)15/h3-5H,11H2,1-2H3. The van der Waals surface area contributed by atoms with Gasteiger partial charge in [-0.1, -0.05) is 0 Å². The molecule has 0 aliphatic carbocycles. The van der Waals surface area contributed by atoms with Gasteiger partial charge in [0.1, 0.15) is 0 Å². The van der Waals surface area contributed by atoms with E-state index in [1.165, 1.54) is 11.6 Å². The number of aromatic nitrogens is 1. The highest BCUT2D eigenvalue weighted by Gasteiger charge is 2.12. The summed E-state index contributed by atoms with van der Waals surface area (Å²) in [5.74, 6) is 4.57. The topological polar surface area (TPSA) is 81.5 Å². The molecule has 0 bridgehead atoms. The number of carbonyl (C=O) groups is 1. The third-order valence-electron chi connectivity index (χ3n) is 2.36. The summed E-state index contributed by atoms with van der Waals surface area (Å²) in [7, 11) is 3.04. The Hall–Kier alpha value is -2.08. The van der Waals surface area contributed by atoms with E-state index in [9.17, 15) is 9.59 Å². The van der Waals surface area contributed by atoms with Gasteiger partial charge >= 0.3 is 5.76 Å². The molecular weight excluding hydrogens is 210 g/mol. The number of nitrogens with zero attached hydrogens (tertiary/aromatic N) is 2. The minimum Gasteiger partial charge on any atom is -0.408 e. The van der Waals surface area contributed by atoms with E-state index in [0.717, 1.165) is 5.01 Å². The number of fused-ring (bicyclic) bond motifs is 1. The van der Waals surface area contributed by atoms with Crippen molar-refractivity contribution in [3.63, 3.8) is 0 Å². The van der Waals surface area contributed by atoms with Gasteiger partial charge in [0, 0.05) is 19.7 Å². The van der Waals surface area contributed by atoms with Gasteiger partial charge in [-0.15, -0.1) is 0 Å². The summed E-state index contributed by atoms with van der Waals surface area (Å²) in [6, 6.07) is 4.72. The molecule has 0 atom stereocenters. The molecule has 0 fully saturated rings. The smallest absolute Gasteiger partial charge is 0.408 e. The van der Waals surface area contributed by atoms with E-state index in [4.69, 9.17) is 10.3 Å². The lowest BCUT2D eigenvalue weighted by Gasteiger charge is -2.09. The van der Waals surface area contributed by atoms with E-state index in [1.807, 2.05) is 0 Å². The fourth-order valence-corrected chi connectivity index (χ4v) is 1.46. The minimum atomic E-state index is -0.458. The number of benzene rings is 1. The number of oxazole rings is 1. The summed E-state index contributed by atoms with van der Waals surface area (Å²) in [6.07, 6.45) is 0. The average Bonchev–Trinajstić information content (AvgIpc) is 2.53. The van der Waals surface area contributed by atoms with E-state index in [0.29, 0.717) is 16.7 Å². The Bertz CT molecular complexity index is 609. The van der Waals surface area contributed by atoms with Gasteiger partial charge in [-0.2, -0.15) is 0 Å². The van der Waals surface area contributed by atoms with E-state index >= 15 is 0 Å². The van der Waals surface area contributed by atoms with Crippen LogP contribution in [-0.2, 0) is 7.05 Å². The van der Waals surface area contributed by atoms with Crippen LogP contribution in [0, 0.1) is 0 Å². The van der Waals surface area contributed by atoms with Gasteiger partial charge in [-0.25, -0.2) is 10.6 Å². The van der Waals surface area contributed by atoms with E-state index in [-0.39, 0.29) is 5.91 Å². The summed E-state index contributed by atoms with van der Waals surface area (Å²) < 4.78 is 6.28. The normalized spacial score (nSPS) is 10.7. The first-order chi connectivity index (χ1) is 7.50. The minimum absolute atomic E-state index is 0.324. The molecule has 0 radical (unpaired) electrons. The Morgan fingerprint density at radius 3 is 2.81 bits per heavy atom. The van der Waals surface area contributed by atoms with Crippen molar-refractivity contribution in [1.29, 1.82) is 0 Å². The zero-order valence-corrected chi connectivity index (χ0v) is 8.93. The van der Waals surface area contributed by atoms with Crippen molar-refractivity contribution in [3.05, 3.63) is 34.3 Å². The first kappa shape index (κ1) is 10.4. The van der Waals surface area contributed by atoms with Crippen LogP contribution in [0.25, 0.3) is 11.1 Å². The van der Waals surface area contributed by atoms with E-state index in [1.54, 1.807) is 25.2 Å². The van der Waals surface area contributed by atoms with Crippen LogP contribution in [0.4, 0.5) is 0 Å². The lowest BCUT2D eigenvalue weighted by atomic mass is 10.2. The summed E-state index contributed by atoms with van der Waals surface area (Å²) in [4.78, 5) is 22.8. The molecule has 84 valence electrons. The van der Waals surface area contributed by atoms with Crippen LogP contribution < -0.4 is 11.6 Å². The monoisotopic (exact) mass is 221 g/mol. The Morgan fingerprint density at radius 1 is 1.50 bits per heavy atom. The average molecular weight is 221 g/mol. The summed E-state index contributed by atoms with van der Waals surface area (Å²) in [5, 5.41) is 0.985. The van der Waals surface area contributed by atoms with Crippen molar-refractivity contribution in [2.45, 2.75) is 0 Å². The summed E-state index contributed by atoms with van der Waals surface area (Å²) >= 11 is 0. The van der Waals surface area contributed by atoms with Crippen LogP contribution in [-0.4, -0.2) is 22.5 Å². The molecule has 2 rings (SSSR count). The Kier molecular flexibility index (Phi) is 2.28. The second-order valence-electron chi connectivity index (χ2n) is 3.53. The van der Waals surface area contributed by atoms with Gasteiger partial charge in [-0.05, 0) is 18.2 Å². The lowest BCUT2D eigenvalue weighted by Crippen LogP contribution is -2.33. The molecule has 2 N–H and O–H groups in total. The van der Waals surface area contributed by atoms with Crippen molar-refractivity contribution in [1.82, 2.24) is 9.58 Å². The molecule has 6 heteroatoms. The number of hydrazine groups is 1. The molecule has 1 aromatic heterocycles. The van der Waals surface area contributed by atoms with Gasteiger partial charge in [0.2, 0.25) is 0 Å². The lowest BCUT2D eigenvalue weighted by molar-refractivity contribution is 0.0795. The molecular formula is C10H11N3O3. The van der Waals surface area contributed by atoms with Crippen molar-refractivity contribution in [2.24, 2.45) is 12.9 Å². The van der Waals surface area contributed by atoms with Gasteiger partial charge in [-0.3, -0.25) is 14.4 Å². The van der Waals surface area contributed by atoms with E-state index in [2.05, 4.69) is 0 Å². The zero-order valence-electron chi connectivity index (χ0n) is 8.93. The molecule has 1 aromatic carbocycles. The third-order valence-corrected chi connectivity index (χ3v) is 2.36. The number of nitrogens with two attached hydrogens (primary N) is 1. The maximum absolute atomic E-state index is 11.6. The number of rotatable bonds is 1. The van der Waals surface area contributed by atoms with Gasteiger partial charge in [0.25, 0.3) is 5.91 Å². The third kappa shape index (κ3) is 1.49. The molecule has 0 spiro atoms. The fraction of sp³-hybridized carbons (Fsp3) is 0.200. The molecule has 16 heavy (non-hydrogen) atoms. The predicted octanol–water partition coefficient (Wildman–Crippen LogP) is 0.0772. The van der Waals surface area contributed by atoms with Crippen molar-refractivity contribution in [2.75, 3.05) is 7.05 Å². The molecule has 1 amide bonds. The van der Waals surface area contributed by atoms with Crippen LogP contribution in [0.5, 0.6) is 0 Å². The molecule has 0 saturated carbocycles. The zero-order chi connectivity index (χ0) is 11.9. The maximum Gasteiger partial charge on any atom is 0.419 e. The molecule has 2 aromatic rings. The molecule has 0 aliphatic rings. The quantitative estimate of drug-likeness (QED) is 0.420. The highest BCUT2D eigenvalue weighted by molar-refractivity contribution is 5.96. The number of amides is 1. The maximum atomic E-state index is 11.6. The van der Waals surface area contributed by atoms with Crippen molar-refractivity contribution >= 4 is 17.0 Å². The van der Waals surface area contributed by atoms with E-state index < -0.39 is 5.76 Å². The van der Waals surface area contributed by atoms with Gasteiger partial charge in [0.15, 0.2) is 5.58 Å². The number of aryl methyl sites for hydroxylation is 1. The second-order valence-corrected chi connectivity index (χ2v) is 3.53. The second kappa shape index (κ2) is 3.49. The molecule has 1 heterocycles. The Labute approximate surface area is 90.8 Å². The predicted molar refractivity (Wildman–Crippen MR) is 57.7 cm³/mol. The molecule has 0 aliphatic heterocycles. The Balaban J connectivity index is 2.64. The van der Waals surface area contributed by atoms with Crippen molar-refractivity contribution in [3.8, 4) is 0 Å². The number of hydrogen-bond donors (Lipinski definition) is 1. The molecule has 0 unspecified atom stereocenters. The SMILES string of the molecule is CN(N)C(=O)c1ccc2oc(=O)n(C)c2c1. The Morgan fingerprint density at radius 2 is 2.19 bits per heavy atom. The van der Waals surface area contributed by atoms with Crippen LogP contribution in [0.2, 0.25) is 0 Å². The number of hydrogen-bond acceptors (Lipinski definition) is 4. The van der Waals surface area contributed by atoms with Gasteiger partial charge in [0.05, 0.1) is 5.52 Å². The largest absolute Gasteiger partial charge is 0.419 e. The van der Waals surface area contributed by atoms with Crippen LogP contribution in [0.15, 0.2) is 27.4 Å².